The minimum atomic E-state index is -1.28. The number of phenolic OH excluding ortho intramolecular Hbond substituents is 1. The molecule has 2 N–H and O–H groups in total. The first kappa shape index (κ1) is 22.4. The Labute approximate surface area is 201 Å². The lowest BCUT2D eigenvalue weighted by Crippen LogP contribution is -2.43. The lowest BCUT2D eigenvalue weighted by Gasteiger charge is -2.43. The van der Waals surface area contributed by atoms with Crippen LogP contribution in [0.15, 0.2) is 60.7 Å². The van der Waals surface area contributed by atoms with Gasteiger partial charge < -0.3 is 19.5 Å². The summed E-state index contributed by atoms with van der Waals surface area (Å²) in [5, 5.41) is 21.5. The number of nitrogens with zero attached hydrogens (tertiary/aromatic N) is 1. The summed E-state index contributed by atoms with van der Waals surface area (Å²) in [6, 6.07) is 16.5. The second-order valence-electron chi connectivity index (χ2n) is 9.41. The van der Waals surface area contributed by atoms with Gasteiger partial charge in [0.05, 0.1) is 17.7 Å². The van der Waals surface area contributed by atoms with Crippen molar-refractivity contribution in [3.05, 3.63) is 93.9 Å². The van der Waals surface area contributed by atoms with Crippen LogP contribution in [0.3, 0.4) is 0 Å². The van der Waals surface area contributed by atoms with Crippen LogP contribution in [0.5, 0.6) is 5.75 Å². The van der Waals surface area contributed by atoms with Crippen LogP contribution in [-0.2, 0) is 15.8 Å². The van der Waals surface area contributed by atoms with E-state index in [9.17, 15) is 15.0 Å². The molecule has 0 saturated heterocycles. The summed E-state index contributed by atoms with van der Waals surface area (Å²) >= 11 is 6.14. The van der Waals surface area contributed by atoms with Gasteiger partial charge in [0.25, 0.3) is 0 Å². The number of ether oxygens (including phenoxy) is 1. The highest BCUT2D eigenvalue weighted by Gasteiger charge is 2.48. The Morgan fingerprint density at radius 3 is 2.44 bits per heavy atom. The van der Waals surface area contributed by atoms with E-state index in [-0.39, 0.29) is 23.5 Å². The third-order valence-electron chi connectivity index (χ3n) is 6.63. The molecule has 0 amide bonds. The number of halogens is 2. The molecule has 34 heavy (non-hydrogen) atoms. The highest BCUT2D eigenvalue weighted by molar-refractivity contribution is 6.30. The van der Waals surface area contributed by atoms with Gasteiger partial charge in [-0.3, -0.25) is 0 Å². The first-order valence-corrected chi connectivity index (χ1v) is 11.2. The van der Waals surface area contributed by atoms with E-state index in [4.69, 9.17) is 16.3 Å². The van der Waals surface area contributed by atoms with Gasteiger partial charge >= 0.3 is 5.97 Å². The van der Waals surface area contributed by atoms with Crippen molar-refractivity contribution in [1.29, 1.82) is 0 Å². The lowest BCUT2D eigenvalue weighted by molar-refractivity contribution is -0.0456. The number of carboxylic acids is 1. The number of aromatic hydroxyl groups is 1. The number of carbonyl (C=O) groups is 1. The maximum Gasteiger partial charge on any atom is 0.335 e. The lowest BCUT2D eigenvalue weighted by atomic mass is 9.75. The van der Waals surface area contributed by atoms with Gasteiger partial charge in [-0.25, -0.2) is 9.18 Å². The van der Waals surface area contributed by atoms with E-state index in [0.29, 0.717) is 16.0 Å². The number of hydrogen-bond acceptors (Lipinski definition) is 3. The molecule has 0 radical (unpaired) electrons. The van der Waals surface area contributed by atoms with Crippen molar-refractivity contribution in [1.82, 2.24) is 4.57 Å². The summed E-state index contributed by atoms with van der Waals surface area (Å²) < 4.78 is 23.8. The minimum absolute atomic E-state index is 0.0524. The Balaban J connectivity index is 1.90. The van der Waals surface area contributed by atoms with E-state index in [1.807, 2.05) is 32.0 Å². The second kappa shape index (κ2) is 7.58. The fraction of sp³-hybridized carbons (Fsp3) is 0.222. The first-order valence-electron chi connectivity index (χ1n) is 10.8. The van der Waals surface area contributed by atoms with Gasteiger partial charge in [0.1, 0.15) is 17.2 Å². The molecule has 1 unspecified atom stereocenters. The quantitative estimate of drug-likeness (QED) is 0.356. The monoisotopic (exact) mass is 479 g/mol. The summed E-state index contributed by atoms with van der Waals surface area (Å²) in [5.41, 5.74) is 1.41. The molecule has 0 saturated carbocycles. The number of phenols is 1. The topological polar surface area (TPSA) is 71.7 Å². The number of hydrogen-bond donors (Lipinski definition) is 2. The van der Waals surface area contributed by atoms with Gasteiger partial charge in [0.15, 0.2) is 0 Å². The Hall–Kier alpha value is -3.35. The second-order valence-corrected chi connectivity index (χ2v) is 9.85. The summed E-state index contributed by atoms with van der Waals surface area (Å²) in [6.07, 6.45) is 0. The van der Waals surface area contributed by atoms with Crippen LogP contribution in [0.2, 0.25) is 5.02 Å². The van der Waals surface area contributed by atoms with E-state index in [1.165, 1.54) is 12.1 Å². The molecule has 1 aliphatic rings. The summed E-state index contributed by atoms with van der Waals surface area (Å²) in [7, 11) is 0. The number of fused-ring (bicyclic) bond motifs is 3. The first-order chi connectivity index (χ1) is 16.0. The largest absolute Gasteiger partial charge is 0.507 e. The van der Waals surface area contributed by atoms with Gasteiger partial charge in [0.2, 0.25) is 0 Å². The molecule has 1 aliphatic heterocycles. The van der Waals surface area contributed by atoms with Crippen molar-refractivity contribution in [2.45, 2.75) is 31.8 Å². The van der Waals surface area contributed by atoms with Crippen LogP contribution < -0.4 is 0 Å². The SMILES string of the molecule is CC1(C)COC(C)(c2ccc(C(=O)O)cc2F)c2c1n(-c1ccc(Cl)cc1)c1cccc(O)c21. The van der Waals surface area contributed by atoms with Crippen molar-refractivity contribution < 1.29 is 24.1 Å². The average molecular weight is 480 g/mol. The third-order valence-corrected chi connectivity index (χ3v) is 6.88. The Bertz CT molecular complexity index is 1460. The molecule has 0 fully saturated rings. The van der Waals surface area contributed by atoms with Crippen molar-refractivity contribution in [3.8, 4) is 11.4 Å². The highest BCUT2D eigenvalue weighted by Crippen LogP contribution is 2.52. The van der Waals surface area contributed by atoms with Crippen LogP contribution in [-0.4, -0.2) is 27.4 Å². The summed E-state index contributed by atoms with van der Waals surface area (Å²) in [6.45, 7) is 6.12. The molecule has 7 heteroatoms. The molecule has 3 aromatic carbocycles. The average Bonchev–Trinajstić information content (AvgIpc) is 3.16. The van der Waals surface area contributed by atoms with E-state index >= 15 is 4.39 Å². The van der Waals surface area contributed by atoms with Gasteiger partial charge in [-0.2, -0.15) is 0 Å². The van der Waals surface area contributed by atoms with E-state index < -0.39 is 22.8 Å². The molecule has 2 heterocycles. The Morgan fingerprint density at radius 1 is 1.09 bits per heavy atom. The fourth-order valence-electron chi connectivity index (χ4n) is 5.00. The van der Waals surface area contributed by atoms with Crippen LogP contribution in [0, 0.1) is 5.82 Å². The zero-order valence-corrected chi connectivity index (χ0v) is 19.7. The molecule has 5 rings (SSSR count). The summed E-state index contributed by atoms with van der Waals surface area (Å²) in [4.78, 5) is 11.4. The van der Waals surface area contributed by atoms with Gasteiger partial charge in [-0.15, -0.1) is 0 Å². The third kappa shape index (κ3) is 3.21. The smallest absolute Gasteiger partial charge is 0.335 e. The maximum atomic E-state index is 15.4. The van der Waals surface area contributed by atoms with Crippen LogP contribution in [0.25, 0.3) is 16.6 Å². The van der Waals surface area contributed by atoms with Gasteiger partial charge in [0, 0.05) is 38.3 Å². The van der Waals surface area contributed by atoms with Gasteiger partial charge in [-0.1, -0.05) is 37.6 Å². The standard InChI is InChI=1S/C27H23ClFNO4/c1-26(2)14-34-27(3,18-12-7-15(25(32)33)13-19(18)29)23-22-20(5-4-6-21(22)31)30(24(23)26)17-10-8-16(28)9-11-17/h4-13,31H,14H2,1-3H3,(H,32,33). The van der Waals surface area contributed by atoms with Crippen molar-refractivity contribution in [3.63, 3.8) is 0 Å². The molecule has 174 valence electrons. The predicted octanol–water partition coefficient (Wildman–Crippen LogP) is 6.40. The number of carboxylic acid groups (broad SMARTS) is 1. The molecule has 0 aliphatic carbocycles. The normalized spacial score (nSPS) is 19.2. The van der Waals surface area contributed by atoms with Crippen molar-refractivity contribution in [2.24, 2.45) is 0 Å². The van der Waals surface area contributed by atoms with Gasteiger partial charge in [-0.05, 0) is 55.5 Å². The number of rotatable bonds is 3. The molecule has 0 bridgehead atoms. The van der Waals surface area contributed by atoms with E-state index in [2.05, 4.69) is 4.57 Å². The zero-order chi connectivity index (χ0) is 24.4. The predicted molar refractivity (Wildman–Crippen MR) is 129 cm³/mol. The van der Waals surface area contributed by atoms with Crippen molar-refractivity contribution in [2.75, 3.05) is 6.61 Å². The van der Waals surface area contributed by atoms with Crippen molar-refractivity contribution >= 4 is 28.5 Å². The van der Waals surface area contributed by atoms with Crippen LogP contribution >= 0.6 is 11.6 Å². The van der Waals surface area contributed by atoms with Crippen LogP contribution in [0.1, 0.15) is 48.0 Å². The molecule has 1 aromatic heterocycles. The molecular weight excluding hydrogens is 457 g/mol. The highest BCUT2D eigenvalue weighted by atomic mass is 35.5. The maximum absolute atomic E-state index is 15.4. The fourth-order valence-corrected chi connectivity index (χ4v) is 5.12. The van der Waals surface area contributed by atoms with E-state index in [1.54, 1.807) is 31.2 Å². The van der Waals surface area contributed by atoms with E-state index in [0.717, 1.165) is 23.0 Å². The number of aromatic nitrogens is 1. The molecule has 5 nitrogen and oxygen atoms in total. The summed E-state index contributed by atoms with van der Waals surface area (Å²) in [5.74, 6) is -1.84. The number of benzene rings is 3. The molecule has 1 atom stereocenters. The zero-order valence-electron chi connectivity index (χ0n) is 18.9. The Morgan fingerprint density at radius 2 is 1.79 bits per heavy atom. The Kier molecular flexibility index (Phi) is 5.01. The molecule has 4 aromatic rings. The minimum Gasteiger partial charge on any atom is -0.507 e. The number of aromatic carboxylic acids is 1. The molecular formula is C27H23ClFNO4. The molecule has 0 spiro atoms. The van der Waals surface area contributed by atoms with Crippen LogP contribution in [0.4, 0.5) is 4.39 Å².